The highest BCUT2D eigenvalue weighted by atomic mass is 32.2. The molecule has 2 N–H and O–H groups in total. The molecule has 1 spiro atoms. The van der Waals surface area contributed by atoms with Gasteiger partial charge in [0.25, 0.3) is 0 Å². The van der Waals surface area contributed by atoms with Gasteiger partial charge in [0.1, 0.15) is 11.8 Å². The molecule has 2 bridgehead atoms. The Hall–Kier alpha value is -2.26. The maximum atomic E-state index is 13.7. The lowest BCUT2D eigenvalue weighted by Gasteiger charge is -2.39. The quantitative estimate of drug-likeness (QED) is 0.597. The number of hydrogen-bond donors (Lipinski definition) is 2. The van der Waals surface area contributed by atoms with Gasteiger partial charge in [-0.05, 0) is 50.5 Å². The van der Waals surface area contributed by atoms with E-state index < -0.39 is 28.7 Å². The number of hydrogen-bond acceptors (Lipinski definition) is 7. The number of anilines is 1. The molecule has 3 heterocycles. The second-order valence-electron chi connectivity index (χ2n) is 8.80. The molecule has 9 heteroatoms. The van der Waals surface area contributed by atoms with E-state index in [0.29, 0.717) is 11.4 Å². The number of methoxy groups -OCH3 is 1. The van der Waals surface area contributed by atoms with Crippen LogP contribution in [0.4, 0.5) is 5.69 Å². The molecule has 7 atom stereocenters. The summed E-state index contributed by atoms with van der Waals surface area (Å²) in [7, 11) is 1.57. The minimum absolute atomic E-state index is 0.0548. The smallest absolute Gasteiger partial charge is 0.310 e. The van der Waals surface area contributed by atoms with E-state index in [1.54, 1.807) is 57.0 Å². The zero-order chi connectivity index (χ0) is 23.2. The Labute approximate surface area is 192 Å². The van der Waals surface area contributed by atoms with Crippen LogP contribution in [0.2, 0.25) is 0 Å². The Bertz CT molecular complexity index is 908. The second-order valence-corrected chi connectivity index (χ2v) is 10.3. The lowest BCUT2D eigenvalue weighted by atomic mass is 9.66. The van der Waals surface area contributed by atoms with Gasteiger partial charge in [0.05, 0.1) is 42.9 Å². The summed E-state index contributed by atoms with van der Waals surface area (Å²) < 4.78 is 9.75. The van der Waals surface area contributed by atoms with Crippen molar-refractivity contribution in [1.82, 2.24) is 4.90 Å². The number of esters is 1. The van der Waals surface area contributed by atoms with E-state index in [0.717, 1.165) is 6.42 Å². The van der Waals surface area contributed by atoms with Crippen LogP contribution in [0.25, 0.3) is 0 Å². The number of aliphatic hydroxyl groups is 1. The van der Waals surface area contributed by atoms with E-state index in [4.69, 9.17) is 9.47 Å². The van der Waals surface area contributed by atoms with E-state index in [2.05, 4.69) is 12.2 Å². The third kappa shape index (κ3) is 3.28. The third-order valence-electron chi connectivity index (χ3n) is 7.09. The van der Waals surface area contributed by atoms with Gasteiger partial charge in [-0.15, -0.1) is 11.8 Å². The average Bonchev–Trinajstić information content (AvgIpc) is 3.37. The Morgan fingerprint density at radius 1 is 1.34 bits per heavy atom. The first kappa shape index (κ1) is 22.9. The molecule has 0 saturated carbocycles. The fraction of sp³-hybridized carbons (Fsp3) is 0.609. The summed E-state index contributed by atoms with van der Waals surface area (Å²) in [5.74, 6) is -1.41. The normalized spacial score (nSPS) is 33.7. The number of benzene rings is 1. The van der Waals surface area contributed by atoms with Crippen molar-refractivity contribution in [2.75, 3.05) is 25.6 Å². The number of likely N-dealkylation sites (tertiary alicyclic amines) is 1. The molecule has 4 rings (SSSR count). The number of rotatable bonds is 7. The van der Waals surface area contributed by atoms with Crippen LogP contribution in [0.1, 0.15) is 27.2 Å². The molecule has 3 unspecified atom stereocenters. The fourth-order valence-corrected chi connectivity index (χ4v) is 8.11. The van der Waals surface area contributed by atoms with Gasteiger partial charge >= 0.3 is 5.97 Å². The topological polar surface area (TPSA) is 105 Å². The molecule has 0 aliphatic carbocycles. The Morgan fingerprint density at radius 3 is 2.62 bits per heavy atom. The number of nitrogens with one attached hydrogen (secondary N) is 1. The van der Waals surface area contributed by atoms with Crippen LogP contribution in [-0.4, -0.2) is 70.2 Å². The number of aliphatic hydroxyl groups excluding tert-OH is 1. The predicted octanol–water partition coefficient (Wildman–Crippen LogP) is 1.91. The molecule has 3 saturated heterocycles. The third-order valence-corrected chi connectivity index (χ3v) is 9.16. The summed E-state index contributed by atoms with van der Waals surface area (Å²) in [6, 6.07) is 5.64. The summed E-state index contributed by atoms with van der Waals surface area (Å²) in [4.78, 5) is 41.7. The van der Waals surface area contributed by atoms with Gasteiger partial charge in [-0.1, -0.05) is 6.92 Å². The first-order valence-electron chi connectivity index (χ1n) is 11.0. The molecular formula is C23H30N2O6S. The maximum absolute atomic E-state index is 13.7. The number of thioether (sulfide) groups is 1. The first-order valence-corrected chi connectivity index (χ1v) is 11.9. The summed E-state index contributed by atoms with van der Waals surface area (Å²) in [5.41, 5.74) is 0.590. The molecule has 174 valence electrons. The van der Waals surface area contributed by atoms with Crippen LogP contribution >= 0.6 is 11.8 Å². The van der Waals surface area contributed by atoms with Gasteiger partial charge < -0.3 is 24.8 Å². The zero-order valence-corrected chi connectivity index (χ0v) is 19.6. The summed E-state index contributed by atoms with van der Waals surface area (Å²) in [6.07, 6.45) is 0.742. The number of carbonyl (C=O) groups is 3. The molecule has 2 amide bonds. The van der Waals surface area contributed by atoms with Crippen molar-refractivity contribution >= 4 is 35.2 Å². The van der Waals surface area contributed by atoms with Gasteiger partial charge in [0.2, 0.25) is 11.8 Å². The summed E-state index contributed by atoms with van der Waals surface area (Å²) in [5, 5.41) is 12.8. The highest BCUT2D eigenvalue weighted by molar-refractivity contribution is 8.02. The molecule has 32 heavy (non-hydrogen) atoms. The molecule has 3 aliphatic heterocycles. The van der Waals surface area contributed by atoms with Gasteiger partial charge in [-0.2, -0.15) is 0 Å². The first-order chi connectivity index (χ1) is 15.3. The van der Waals surface area contributed by atoms with E-state index in [-0.39, 0.29) is 42.2 Å². The molecule has 1 aromatic rings. The van der Waals surface area contributed by atoms with Crippen LogP contribution in [0.3, 0.4) is 0 Å². The number of carbonyl (C=O) groups excluding carboxylic acids is 3. The minimum atomic E-state index is -0.798. The van der Waals surface area contributed by atoms with E-state index in [1.807, 2.05) is 0 Å². The van der Waals surface area contributed by atoms with Gasteiger partial charge in [-0.3, -0.25) is 14.4 Å². The summed E-state index contributed by atoms with van der Waals surface area (Å²) >= 11 is 1.58. The molecule has 8 nitrogen and oxygen atoms in total. The second kappa shape index (κ2) is 8.59. The van der Waals surface area contributed by atoms with Gasteiger partial charge in [0.15, 0.2) is 0 Å². The summed E-state index contributed by atoms with van der Waals surface area (Å²) in [6.45, 7) is 5.50. The van der Waals surface area contributed by atoms with Gasteiger partial charge in [-0.25, -0.2) is 0 Å². The van der Waals surface area contributed by atoms with E-state index in [9.17, 15) is 19.5 Å². The lowest BCUT2D eigenvalue weighted by Crippen LogP contribution is -2.56. The van der Waals surface area contributed by atoms with Crippen molar-refractivity contribution in [3.05, 3.63) is 24.3 Å². The van der Waals surface area contributed by atoms with Crippen molar-refractivity contribution in [3.63, 3.8) is 0 Å². The average molecular weight is 463 g/mol. The molecule has 0 radical (unpaired) electrons. The van der Waals surface area contributed by atoms with Crippen molar-refractivity contribution < 1.29 is 29.0 Å². The van der Waals surface area contributed by atoms with Crippen LogP contribution < -0.4 is 10.1 Å². The molecule has 3 aliphatic rings. The van der Waals surface area contributed by atoms with Crippen LogP contribution in [0.5, 0.6) is 5.75 Å². The highest BCUT2D eigenvalue weighted by Gasteiger charge is 2.76. The molecular weight excluding hydrogens is 432 g/mol. The van der Waals surface area contributed by atoms with Crippen molar-refractivity contribution in [1.29, 1.82) is 0 Å². The van der Waals surface area contributed by atoms with Crippen molar-refractivity contribution in [2.45, 2.75) is 49.3 Å². The number of amides is 2. The maximum Gasteiger partial charge on any atom is 0.310 e. The Kier molecular flexibility index (Phi) is 6.15. The van der Waals surface area contributed by atoms with Crippen LogP contribution in [0.15, 0.2) is 24.3 Å². The molecule has 1 aromatic carbocycles. The zero-order valence-electron chi connectivity index (χ0n) is 18.7. The van der Waals surface area contributed by atoms with Crippen LogP contribution in [-0.2, 0) is 19.1 Å². The van der Waals surface area contributed by atoms with E-state index >= 15 is 0 Å². The SMILES string of the molecule is CCOC(=O)[C@@H]1[C@H]2C(=O)N([C@H](C)CO)C(C(=O)Nc3ccc(OC)cc3)C23S[C@@H]1CC3C. The largest absolute Gasteiger partial charge is 0.497 e. The monoisotopic (exact) mass is 462 g/mol. The number of nitrogens with zero attached hydrogens (tertiary/aromatic N) is 1. The highest BCUT2D eigenvalue weighted by Crippen LogP contribution is 2.68. The van der Waals surface area contributed by atoms with Crippen molar-refractivity contribution in [3.8, 4) is 5.75 Å². The molecule has 0 aromatic heterocycles. The Balaban J connectivity index is 1.72. The van der Waals surface area contributed by atoms with E-state index in [1.165, 1.54) is 4.90 Å². The fourth-order valence-electron chi connectivity index (χ4n) is 5.71. The Morgan fingerprint density at radius 2 is 2.03 bits per heavy atom. The van der Waals surface area contributed by atoms with Crippen molar-refractivity contribution in [2.24, 2.45) is 17.8 Å². The molecule has 3 fully saturated rings. The predicted molar refractivity (Wildman–Crippen MR) is 120 cm³/mol. The number of ether oxygens (including phenoxy) is 2. The standard InChI is InChI=1S/C23H30N2O6S/c1-5-31-22(29)17-16-10-12(2)23(32-16)18(17)21(28)25(13(3)11-26)19(23)20(27)24-14-6-8-15(30-4)9-7-14/h6-9,12-13,16-19,26H,5,10-11H2,1-4H3,(H,24,27)/t12?,13-,16-,17+,18+,19?,23?/m1/s1. The van der Waals surface area contributed by atoms with Gasteiger partial charge in [0, 0.05) is 10.9 Å². The minimum Gasteiger partial charge on any atom is -0.497 e. The van der Waals surface area contributed by atoms with Crippen LogP contribution in [0, 0.1) is 17.8 Å². The lowest BCUT2D eigenvalue weighted by molar-refractivity contribution is -0.154. The number of fused-ring (bicyclic) bond motifs is 1.